The maximum atomic E-state index is 11.3. The number of non-ortho nitro benzene ring substituents is 1. The van der Waals surface area contributed by atoms with Gasteiger partial charge in [-0.2, -0.15) is 0 Å². The number of hydrogen-bond acceptors (Lipinski definition) is 7. The van der Waals surface area contributed by atoms with Crippen LogP contribution in [0.2, 0.25) is 0 Å². The molecule has 9 heteroatoms. The molecule has 0 saturated heterocycles. The van der Waals surface area contributed by atoms with Gasteiger partial charge in [0.15, 0.2) is 0 Å². The maximum absolute atomic E-state index is 11.3. The fraction of sp³-hybridized carbons (Fsp3) is 0.533. The van der Waals surface area contributed by atoms with Gasteiger partial charge >= 0.3 is 0 Å². The summed E-state index contributed by atoms with van der Waals surface area (Å²) in [5.74, 6) is 0. The summed E-state index contributed by atoms with van der Waals surface area (Å²) in [4.78, 5) is 31.9. The molecule has 1 aliphatic carbocycles. The fourth-order valence-electron chi connectivity index (χ4n) is 2.80. The molecular formula is C15H18N2O6S. The third kappa shape index (κ3) is 4.67. The predicted octanol–water partition coefficient (Wildman–Crippen LogP) is 3.86. The first kappa shape index (κ1) is 18.2. The van der Waals surface area contributed by atoms with Crippen LogP contribution in [0.25, 0.3) is 0 Å². The Kier molecular flexibility index (Phi) is 6.53. The molecule has 0 amide bonds. The van der Waals surface area contributed by atoms with E-state index in [0.717, 1.165) is 44.6 Å². The van der Waals surface area contributed by atoms with Crippen molar-refractivity contribution in [3.63, 3.8) is 0 Å². The quantitative estimate of drug-likeness (QED) is 0.433. The van der Waals surface area contributed by atoms with E-state index < -0.39 is 9.85 Å². The minimum Gasteiger partial charge on any atom is -0.463 e. The van der Waals surface area contributed by atoms with E-state index >= 15 is 0 Å². The van der Waals surface area contributed by atoms with Gasteiger partial charge in [-0.3, -0.25) is 25.0 Å². The van der Waals surface area contributed by atoms with Gasteiger partial charge in [-0.25, -0.2) is 0 Å². The Morgan fingerprint density at radius 3 is 2.42 bits per heavy atom. The molecule has 0 N–H and O–H groups in total. The standard InChI is InChI=1S/C15H18N2O6S/c18-10-23-13-5-3-1-2-4-6-15(13)24-14-8-7-11(16(19)20)9-12(14)17(21)22/h7-10,13,15H,1-6H2/t13-,15-/m1/s1. The van der Waals surface area contributed by atoms with Gasteiger partial charge in [-0.15, -0.1) is 11.8 Å². The topological polar surface area (TPSA) is 113 Å². The van der Waals surface area contributed by atoms with Crippen molar-refractivity contribution in [2.75, 3.05) is 0 Å². The molecule has 0 aliphatic heterocycles. The van der Waals surface area contributed by atoms with Gasteiger partial charge in [0.05, 0.1) is 20.8 Å². The zero-order chi connectivity index (χ0) is 17.5. The zero-order valence-corrected chi connectivity index (χ0v) is 13.8. The molecule has 1 saturated carbocycles. The van der Waals surface area contributed by atoms with Crippen LogP contribution in [-0.4, -0.2) is 27.7 Å². The van der Waals surface area contributed by atoms with Crippen molar-refractivity contribution >= 4 is 29.6 Å². The van der Waals surface area contributed by atoms with Crippen LogP contribution in [0.15, 0.2) is 23.1 Å². The van der Waals surface area contributed by atoms with Crippen molar-refractivity contribution in [2.45, 2.75) is 54.8 Å². The Morgan fingerprint density at radius 2 is 1.79 bits per heavy atom. The van der Waals surface area contributed by atoms with Gasteiger partial charge in [0.2, 0.25) is 0 Å². The molecule has 24 heavy (non-hydrogen) atoms. The number of carbonyl (C=O) groups is 1. The van der Waals surface area contributed by atoms with Crippen molar-refractivity contribution in [1.29, 1.82) is 0 Å². The number of hydrogen-bond donors (Lipinski definition) is 0. The summed E-state index contributed by atoms with van der Waals surface area (Å²) < 4.78 is 5.19. The summed E-state index contributed by atoms with van der Waals surface area (Å²) in [6.07, 6.45) is 5.24. The van der Waals surface area contributed by atoms with Crippen LogP contribution in [0.4, 0.5) is 11.4 Å². The Morgan fingerprint density at radius 1 is 1.08 bits per heavy atom. The summed E-state index contributed by atoms with van der Waals surface area (Å²) in [6, 6.07) is 3.63. The third-order valence-corrected chi connectivity index (χ3v) is 5.44. The van der Waals surface area contributed by atoms with Crippen LogP contribution in [0.1, 0.15) is 38.5 Å². The molecule has 1 aromatic carbocycles. The number of thioether (sulfide) groups is 1. The van der Waals surface area contributed by atoms with Gasteiger partial charge in [0.25, 0.3) is 17.8 Å². The molecule has 2 rings (SSSR count). The number of rotatable bonds is 6. The molecule has 0 unspecified atom stereocenters. The molecule has 0 radical (unpaired) electrons. The van der Waals surface area contributed by atoms with Crippen LogP contribution in [-0.2, 0) is 9.53 Å². The minimum atomic E-state index is -0.657. The second-order valence-electron chi connectivity index (χ2n) is 5.58. The first-order chi connectivity index (χ1) is 11.5. The maximum Gasteiger partial charge on any atom is 0.293 e. The Balaban J connectivity index is 2.27. The van der Waals surface area contributed by atoms with Crippen molar-refractivity contribution in [1.82, 2.24) is 0 Å². The van der Waals surface area contributed by atoms with Crippen molar-refractivity contribution < 1.29 is 19.4 Å². The van der Waals surface area contributed by atoms with Gasteiger partial charge in [-0.05, 0) is 25.3 Å². The second-order valence-corrected chi connectivity index (χ2v) is 6.87. The van der Waals surface area contributed by atoms with Crippen molar-refractivity contribution in [3.05, 3.63) is 38.4 Å². The smallest absolute Gasteiger partial charge is 0.293 e. The number of nitro benzene ring substituents is 2. The highest BCUT2D eigenvalue weighted by Gasteiger charge is 2.29. The van der Waals surface area contributed by atoms with E-state index in [1.54, 1.807) is 0 Å². The Labute approximate surface area is 142 Å². The molecule has 8 nitrogen and oxygen atoms in total. The van der Waals surface area contributed by atoms with E-state index in [0.29, 0.717) is 11.4 Å². The lowest BCUT2D eigenvalue weighted by molar-refractivity contribution is -0.396. The predicted molar refractivity (Wildman–Crippen MR) is 88.0 cm³/mol. The molecule has 1 aliphatic rings. The van der Waals surface area contributed by atoms with Gasteiger partial charge < -0.3 is 4.74 Å². The third-order valence-electron chi connectivity index (χ3n) is 4.00. The lowest BCUT2D eigenvalue weighted by atomic mass is 9.98. The van der Waals surface area contributed by atoms with Crippen LogP contribution in [0.5, 0.6) is 0 Å². The van der Waals surface area contributed by atoms with Crippen molar-refractivity contribution in [2.24, 2.45) is 0 Å². The van der Waals surface area contributed by atoms with Gasteiger partial charge in [0.1, 0.15) is 6.10 Å². The first-order valence-electron chi connectivity index (χ1n) is 7.71. The SMILES string of the molecule is O=CO[C@@H]1CCCCCC[C@H]1Sc1ccc([N+](=O)[O-])cc1[N+](=O)[O-]. The highest BCUT2D eigenvalue weighted by Crippen LogP contribution is 2.39. The first-order valence-corrected chi connectivity index (χ1v) is 8.59. The summed E-state index contributed by atoms with van der Waals surface area (Å²) >= 11 is 1.26. The van der Waals surface area contributed by atoms with E-state index in [1.807, 2.05) is 0 Å². The number of nitro groups is 2. The lowest BCUT2D eigenvalue weighted by Crippen LogP contribution is -2.27. The normalized spacial score (nSPS) is 21.3. The fourth-order valence-corrected chi connectivity index (χ4v) is 4.17. The molecule has 0 bridgehead atoms. The molecule has 1 fully saturated rings. The van der Waals surface area contributed by atoms with E-state index in [4.69, 9.17) is 4.74 Å². The highest BCUT2D eigenvalue weighted by atomic mass is 32.2. The van der Waals surface area contributed by atoms with E-state index in [1.165, 1.54) is 23.9 Å². The minimum absolute atomic E-state index is 0.101. The molecule has 1 aromatic rings. The van der Waals surface area contributed by atoms with Crippen LogP contribution in [0, 0.1) is 20.2 Å². The van der Waals surface area contributed by atoms with E-state index in [9.17, 15) is 25.0 Å². The molecule has 130 valence electrons. The van der Waals surface area contributed by atoms with Gasteiger partial charge in [0, 0.05) is 11.3 Å². The second kappa shape index (κ2) is 8.62. The molecule has 0 spiro atoms. The molecule has 2 atom stereocenters. The Hall–Kier alpha value is -2.16. The highest BCUT2D eigenvalue weighted by molar-refractivity contribution is 8.00. The summed E-state index contributed by atoms with van der Waals surface area (Å²) in [5.41, 5.74) is -0.606. The average molecular weight is 354 g/mol. The van der Waals surface area contributed by atoms with Gasteiger partial charge in [-0.1, -0.05) is 19.3 Å². The monoisotopic (exact) mass is 354 g/mol. The van der Waals surface area contributed by atoms with Crippen LogP contribution < -0.4 is 0 Å². The van der Waals surface area contributed by atoms with Crippen LogP contribution >= 0.6 is 11.8 Å². The zero-order valence-electron chi connectivity index (χ0n) is 13.0. The molecule has 0 heterocycles. The number of benzene rings is 1. The number of carbonyl (C=O) groups excluding carboxylic acids is 1. The number of nitrogens with zero attached hydrogens (tertiary/aromatic N) is 2. The largest absolute Gasteiger partial charge is 0.463 e. The number of ether oxygens (including phenoxy) is 1. The summed E-state index contributed by atoms with van der Waals surface area (Å²) in [5, 5.41) is 22.0. The average Bonchev–Trinajstić information content (AvgIpc) is 2.53. The molecular weight excluding hydrogens is 336 g/mol. The lowest BCUT2D eigenvalue weighted by Gasteiger charge is -2.27. The van der Waals surface area contributed by atoms with Crippen LogP contribution in [0.3, 0.4) is 0 Å². The molecule has 0 aromatic heterocycles. The summed E-state index contributed by atoms with van der Waals surface area (Å²) in [6.45, 7) is 0.421. The Bertz CT molecular complexity index is 624. The summed E-state index contributed by atoms with van der Waals surface area (Å²) in [7, 11) is 0. The van der Waals surface area contributed by atoms with E-state index in [2.05, 4.69) is 0 Å². The van der Waals surface area contributed by atoms with E-state index in [-0.39, 0.29) is 22.7 Å². The van der Waals surface area contributed by atoms with Crippen molar-refractivity contribution in [3.8, 4) is 0 Å².